The average molecular weight is 490 g/mol. The summed E-state index contributed by atoms with van der Waals surface area (Å²) in [5.41, 5.74) is 1.94. The summed E-state index contributed by atoms with van der Waals surface area (Å²) in [5.74, 6) is -1.76. The number of rotatable bonds is 7. The molecular weight excluding hydrogens is 468 g/mol. The van der Waals surface area contributed by atoms with Crippen molar-refractivity contribution in [2.45, 2.75) is 24.8 Å². The Hall–Kier alpha value is -3.64. The maximum absolute atomic E-state index is 14.1. The molecule has 178 valence electrons. The number of nitrogens with one attached hydrogen (secondary N) is 2. The summed E-state index contributed by atoms with van der Waals surface area (Å²) in [7, 11) is -3.46. The molecule has 9 nitrogen and oxygen atoms in total. The number of benzene rings is 2. The zero-order valence-corrected chi connectivity index (χ0v) is 19.2. The number of aromatic nitrogens is 4. The van der Waals surface area contributed by atoms with Gasteiger partial charge in [0.2, 0.25) is 0 Å². The summed E-state index contributed by atoms with van der Waals surface area (Å²) in [4.78, 5) is 8.64. The molecule has 2 heterocycles. The molecule has 0 fully saturated rings. The highest BCUT2D eigenvalue weighted by atomic mass is 32.2. The minimum Gasteiger partial charge on any atom is -0.421 e. The maximum atomic E-state index is 14.1. The topological polar surface area (TPSA) is 130 Å². The van der Waals surface area contributed by atoms with Crippen LogP contribution in [0.25, 0.3) is 22.3 Å². The number of fused-ring (bicyclic) bond motifs is 1. The van der Waals surface area contributed by atoms with E-state index in [9.17, 15) is 22.3 Å². The Morgan fingerprint density at radius 1 is 1.18 bits per heavy atom. The lowest BCUT2D eigenvalue weighted by atomic mass is 10.0. The fourth-order valence-corrected chi connectivity index (χ4v) is 3.92. The van der Waals surface area contributed by atoms with Gasteiger partial charge in [-0.25, -0.2) is 17.2 Å². The molecule has 0 amide bonds. The van der Waals surface area contributed by atoms with Gasteiger partial charge in [0.1, 0.15) is 11.6 Å². The Bertz CT molecular complexity index is 1490. The molecule has 0 aliphatic rings. The molecular formula is C22H21F2N5O4S. The smallest absolute Gasteiger partial charge is 0.326 e. The van der Waals surface area contributed by atoms with Gasteiger partial charge >= 0.3 is 6.01 Å². The summed E-state index contributed by atoms with van der Waals surface area (Å²) >= 11 is 0. The van der Waals surface area contributed by atoms with Gasteiger partial charge in [0, 0.05) is 24.4 Å². The molecule has 0 saturated heterocycles. The Balaban J connectivity index is 1.86. The molecule has 1 atom stereocenters. The Morgan fingerprint density at radius 3 is 2.62 bits per heavy atom. The SMILES string of the molecule is Cc1ccc(S(C)(=O)=O)cc1-c1[nH]nc2nc(Oc3ccc(F)cc3F)nc(NCC(C)O)c12. The maximum Gasteiger partial charge on any atom is 0.326 e. The van der Waals surface area contributed by atoms with E-state index in [1.165, 1.54) is 12.1 Å². The minimum absolute atomic E-state index is 0.115. The molecule has 1 unspecified atom stereocenters. The van der Waals surface area contributed by atoms with Crippen LogP contribution in [0, 0.1) is 18.6 Å². The summed E-state index contributed by atoms with van der Waals surface area (Å²) in [6.07, 6.45) is 0.387. The van der Waals surface area contributed by atoms with Crippen LogP contribution in [0.5, 0.6) is 11.8 Å². The van der Waals surface area contributed by atoms with Gasteiger partial charge in [0.25, 0.3) is 0 Å². The summed E-state index contributed by atoms with van der Waals surface area (Å²) in [6, 6.07) is 7.27. The van der Waals surface area contributed by atoms with Crippen LogP contribution in [0.15, 0.2) is 41.3 Å². The molecule has 34 heavy (non-hydrogen) atoms. The highest BCUT2D eigenvalue weighted by Crippen LogP contribution is 2.35. The Morgan fingerprint density at radius 2 is 1.94 bits per heavy atom. The molecule has 4 rings (SSSR count). The number of hydrogen-bond acceptors (Lipinski definition) is 8. The van der Waals surface area contributed by atoms with E-state index in [0.717, 1.165) is 24.0 Å². The number of aliphatic hydroxyl groups is 1. The van der Waals surface area contributed by atoms with Crippen LogP contribution in [-0.4, -0.2) is 52.6 Å². The zero-order chi connectivity index (χ0) is 24.6. The highest BCUT2D eigenvalue weighted by Gasteiger charge is 2.21. The van der Waals surface area contributed by atoms with Gasteiger partial charge in [-0.05, 0) is 43.7 Å². The lowest BCUT2D eigenvalue weighted by molar-refractivity contribution is 0.208. The predicted octanol–water partition coefficient (Wildman–Crippen LogP) is 3.60. The number of hydrogen-bond donors (Lipinski definition) is 3. The molecule has 12 heteroatoms. The monoisotopic (exact) mass is 489 g/mol. The fourth-order valence-electron chi connectivity index (χ4n) is 3.28. The van der Waals surface area contributed by atoms with E-state index < -0.39 is 27.6 Å². The lowest BCUT2D eigenvalue weighted by Gasteiger charge is -2.12. The first kappa shape index (κ1) is 23.5. The molecule has 2 aromatic heterocycles. The number of H-pyrrole nitrogens is 1. The summed E-state index contributed by atoms with van der Waals surface area (Å²) in [6.45, 7) is 3.50. The first-order valence-corrected chi connectivity index (χ1v) is 12.0. The highest BCUT2D eigenvalue weighted by molar-refractivity contribution is 7.90. The van der Waals surface area contributed by atoms with Crippen molar-refractivity contribution >= 4 is 26.7 Å². The van der Waals surface area contributed by atoms with E-state index in [1.807, 2.05) is 6.92 Å². The number of aliphatic hydroxyl groups excluding tert-OH is 1. The van der Waals surface area contributed by atoms with Crippen molar-refractivity contribution in [3.8, 4) is 23.0 Å². The average Bonchev–Trinajstić information content (AvgIpc) is 3.17. The third-order valence-corrected chi connectivity index (χ3v) is 6.07. The Labute approximate surface area is 193 Å². The van der Waals surface area contributed by atoms with E-state index in [-0.39, 0.29) is 34.7 Å². The van der Waals surface area contributed by atoms with E-state index in [1.54, 1.807) is 13.0 Å². The normalized spacial score (nSPS) is 12.6. The first-order chi connectivity index (χ1) is 16.0. The van der Waals surface area contributed by atoms with Gasteiger partial charge in [-0.1, -0.05) is 6.07 Å². The second-order valence-electron chi connectivity index (χ2n) is 7.81. The summed E-state index contributed by atoms with van der Waals surface area (Å²) in [5, 5.41) is 20.2. The largest absolute Gasteiger partial charge is 0.421 e. The van der Waals surface area contributed by atoms with Crippen LogP contribution in [0.3, 0.4) is 0 Å². The molecule has 4 aromatic rings. The minimum atomic E-state index is -3.46. The molecule has 0 aliphatic heterocycles. The molecule has 0 saturated carbocycles. The van der Waals surface area contributed by atoms with E-state index in [2.05, 4.69) is 25.5 Å². The van der Waals surface area contributed by atoms with Crippen LogP contribution in [0.1, 0.15) is 12.5 Å². The number of aromatic amines is 1. The number of aryl methyl sites for hydroxylation is 1. The van der Waals surface area contributed by atoms with Crippen molar-refractivity contribution < 1.29 is 27.0 Å². The molecule has 0 radical (unpaired) electrons. The van der Waals surface area contributed by atoms with Crippen molar-refractivity contribution in [2.24, 2.45) is 0 Å². The van der Waals surface area contributed by atoms with Crippen LogP contribution in [0.4, 0.5) is 14.6 Å². The quantitative estimate of drug-likeness (QED) is 0.359. The molecule has 0 aliphatic carbocycles. The van der Waals surface area contributed by atoms with Crippen molar-refractivity contribution in [1.29, 1.82) is 0 Å². The standard InChI is InChI=1S/C22H21F2N5O4S/c1-11-4-6-14(34(3,31)32)9-15(11)19-18-20(25-10-12(2)30)26-22(27-21(18)29-28-19)33-17-7-5-13(23)8-16(17)24/h4-9,12,30H,10H2,1-3H3,(H2,25,26,27,28,29). The van der Waals surface area contributed by atoms with E-state index in [0.29, 0.717) is 22.7 Å². The number of ether oxygens (including phenoxy) is 1. The first-order valence-electron chi connectivity index (χ1n) is 10.1. The summed E-state index contributed by atoms with van der Waals surface area (Å²) < 4.78 is 56.9. The third kappa shape index (κ3) is 4.82. The van der Waals surface area contributed by atoms with E-state index >= 15 is 0 Å². The molecule has 0 spiro atoms. The lowest BCUT2D eigenvalue weighted by Crippen LogP contribution is -2.16. The van der Waals surface area contributed by atoms with Gasteiger partial charge in [-0.15, -0.1) is 0 Å². The fraction of sp³-hybridized carbons (Fsp3) is 0.227. The van der Waals surface area contributed by atoms with Crippen molar-refractivity contribution in [3.05, 3.63) is 53.6 Å². The van der Waals surface area contributed by atoms with Crippen LogP contribution in [-0.2, 0) is 9.84 Å². The van der Waals surface area contributed by atoms with Crippen molar-refractivity contribution in [1.82, 2.24) is 20.2 Å². The molecule has 2 aromatic carbocycles. The second kappa shape index (κ2) is 8.95. The van der Waals surface area contributed by atoms with Crippen LogP contribution in [0.2, 0.25) is 0 Å². The van der Waals surface area contributed by atoms with Crippen molar-refractivity contribution in [2.75, 3.05) is 18.1 Å². The third-order valence-electron chi connectivity index (χ3n) is 4.96. The Kier molecular flexibility index (Phi) is 6.19. The van der Waals surface area contributed by atoms with Gasteiger partial charge in [-0.3, -0.25) is 5.10 Å². The van der Waals surface area contributed by atoms with Crippen LogP contribution < -0.4 is 10.1 Å². The van der Waals surface area contributed by atoms with E-state index in [4.69, 9.17) is 4.74 Å². The van der Waals surface area contributed by atoms with Crippen LogP contribution >= 0.6 is 0 Å². The second-order valence-corrected chi connectivity index (χ2v) is 9.82. The number of halogens is 2. The van der Waals surface area contributed by atoms with Gasteiger partial charge in [0.05, 0.1) is 22.1 Å². The molecule has 0 bridgehead atoms. The van der Waals surface area contributed by atoms with Gasteiger partial charge in [0.15, 0.2) is 27.1 Å². The molecule has 3 N–H and O–H groups in total. The number of anilines is 1. The number of nitrogens with zero attached hydrogens (tertiary/aromatic N) is 3. The van der Waals surface area contributed by atoms with Gasteiger partial charge in [-0.2, -0.15) is 15.1 Å². The predicted molar refractivity (Wildman–Crippen MR) is 122 cm³/mol. The van der Waals surface area contributed by atoms with Gasteiger partial charge < -0.3 is 15.2 Å². The number of sulfone groups is 1. The zero-order valence-electron chi connectivity index (χ0n) is 18.4. The van der Waals surface area contributed by atoms with Crippen molar-refractivity contribution in [3.63, 3.8) is 0 Å².